The standard InChI is InChI=1S/C2HBCl2/c1-2-3(4)5/h1H. The Labute approximate surface area is 41.4 Å². The molecule has 0 saturated heterocycles. The van der Waals surface area contributed by atoms with E-state index in [4.69, 9.17) is 22.9 Å². The molecule has 0 aliphatic carbocycles. The van der Waals surface area contributed by atoms with Crippen LogP contribution in [0.1, 0.15) is 0 Å². The third-order valence-electron chi connectivity index (χ3n) is 0.126. The first kappa shape index (κ1) is 5.20. The van der Waals surface area contributed by atoms with Crippen molar-refractivity contribution in [1.82, 2.24) is 0 Å². The van der Waals surface area contributed by atoms with Gasteiger partial charge in [-0.3, -0.25) is 0 Å². The summed E-state index contributed by atoms with van der Waals surface area (Å²) in [6.45, 7) is 0. The van der Waals surface area contributed by atoms with Crippen LogP contribution in [0.2, 0.25) is 0 Å². The van der Waals surface area contributed by atoms with Crippen LogP contribution in [0.3, 0.4) is 0 Å². The summed E-state index contributed by atoms with van der Waals surface area (Å²) in [5.41, 5.74) is -0.644. The largest absolute Gasteiger partial charge is 0.431 e. The molecule has 0 rings (SSSR count). The first-order valence-electron chi connectivity index (χ1n) is 1.01. The lowest BCUT2D eigenvalue weighted by Crippen LogP contribution is -1.80. The normalized spacial score (nSPS) is 5.80. The first-order valence-corrected chi connectivity index (χ1v) is 1.89. The molecule has 0 nitrogen and oxygen atoms in total. The molecule has 0 aromatic rings. The number of terminal acetylenes is 1. The van der Waals surface area contributed by atoms with Crippen LogP contribution in [-0.2, 0) is 0 Å². The van der Waals surface area contributed by atoms with Crippen LogP contribution in [-0.4, -0.2) is 5.54 Å². The van der Waals surface area contributed by atoms with E-state index in [9.17, 15) is 0 Å². The highest BCUT2D eigenvalue weighted by Gasteiger charge is 1.93. The van der Waals surface area contributed by atoms with Gasteiger partial charge in [0.25, 0.3) is 0 Å². The summed E-state index contributed by atoms with van der Waals surface area (Å²) in [5, 5.41) is 0. The van der Waals surface area contributed by atoms with Crippen molar-refractivity contribution in [1.29, 1.82) is 0 Å². The zero-order chi connectivity index (χ0) is 4.28. The molecule has 0 amide bonds. The lowest BCUT2D eigenvalue weighted by atomic mass is 10.1. The SMILES string of the molecule is C#CB(Cl)Cl. The van der Waals surface area contributed by atoms with E-state index in [1.54, 1.807) is 0 Å². The zero-order valence-corrected chi connectivity index (χ0v) is 3.92. The quantitative estimate of drug-likeness (QED) is 0.321. The van der Waals surface area contributed by atoms with E-state index < -0.39 is 5.54 Å². The Balaban J connectivity index is 2.94. The number of halogens is 2. The summed E-state index contributed by atoms with van der Waals surface area (Å²) in [6, 6.07) is 0. The van der Waals surface area contributed by atoms with Gasteiger partial charge in [-0.1, -0.05) is 0 Å². The van der Waals surface area contributed by atoms with Crippen molar-refractivity contribution in [3.8, 4) is 12.2 Å². The summed E-state index contributed by atoms with van der Waals surface area (Å²) in [6.07, 6.45) is 4.66. The fraction of sp³-hybridized carbons (Fsp3) is 0. The second-order valence-corrected chi connectivity index (χ2v) is 1.56. The zero-order valence-electron chi connectivity index (χ0n) is 2.41. The first-order chi connectivity index (χ1) is 2.27. The van der Waals surface area contributed by atoms with Gasteiger partial charge in [-0.05, 0) is 0 Å². The number of hydrogen-bond donors (Lipinski definition) is 0. The lowest BCUT2D eigenvalue weighted by molar-refractivity contribution is 3.02. The van der Waals surface area contributed by atoms with E-state index in [-0.39, 0.29) is 0 Å². The molecule has 0 spiro atoms. The van der Waals surface area contributed by atoms with E-state index in [2.05, 4.69) is 12.2 Å². The Morgan fingerprint density at radius 2 is 1.80 bits per heavy atom. The highest BCUT2D eigenvalue weighted by molar-refractivity contribution is 7.37. The molecule has 0 aliphatic heterocycles. The second kappa shape index (κ2) is 2.44. The molecule has 0 aromatic carbocycles. The van der Waals surface area contributed by atoms with Crippen molar-refractivity contribution in [2.75, 3.05) is 0 Å². The van der Waals surface area contributed by atoms with Crippen molar-refractivity contribution in [2.45, 2.75) is 0 Å². The monoisotopic (exact) mass is 106 g/mol. The third kappa shape index (κ3) is 4.20. The van der Waals surface area contributed by atoms with E-state index in [0.717, 1.165) is 0 Å². The fourth-order valence-corrected chi connectivity index (χ4v) is 0. The molecule has 0 aliphatic rings. The minimum atomic E-state index is -0.644. The van der Waals surface area contributed by atoms with Crippen molar-refractivity contribution in [3.63, 3.8) is 0 Å². The summed E-state index contributed by atoms with van der Waals surface area (Å²) < 4.78 is 0. The molecule has 0 unspecified atom stereocenters. The average Bonchev–Trinajstić information content (AvgIpc) is 1.38. The predicted molar refractivity (Wildman–Crippen MR) is 26.3 cm³/mol. The van der Waals surface area contributed by atoms with Gasteiger partial charge in [-0.15, -0.1) is 12.2 Å². The fourth-order valence-electron chi connectivity index (χ4n) is 0. The van der Waals surface area contributed by atoms with Crippen LogP contribution in [0, 0.1) is 12.2 Å². The van der Waals surface area contributed by atoms with Gasteiger partial charge >= 0.3 is 5.54 Å². The molecule has 0 atom stereocenters. The van der Waals surface area contributed by atoms with Crippen molar-refractivity contribution >= 4 is 28.5 Å². The molecule has 0 N–H and O–H groups in total. The predicted octanol–water partition coefficient (Wildman–Crippen LogP) is 1.12. The third-order valence-corrected chi connectivity index (χ3v) is 0.378. The summed E-state index contributed by atoms with van der Waals surface area (Å²) in [5.74, 6) is 2.06. The Bertz CT molecular complexity index is 53.2. The number of hydrogen-bond acceptors (Lipinski definition) is 0. The maximum atomic E-state index is 4.99. The molecule has 0 saturated carbocycles. The van der Waals surface area contributed by atoms with Crippen molar-refractivity contribution in [2.24, 2.45) is 0 Å². The average molecular weight is 107 g/mol. The Kier molecular flexibility index (Phi) is 2.54. The van der Waals surface area contributed by atoms with Crippen LogP contribution in [0.25, 0.3) is 0 Å². The van der Waals surface area contributed by atoms with E-state index >= 15 is 0 Å². The van der Waals surface area contributed by atoms with Crippen LogP contribution >= 0.6 is 22.9 Å². The molecule has 0 fully saturated rings. The second-order valence-electron chi connectivity index (χ2n) is 0.467. The van der Waals surface area contributed by atoms with Crippen LogP contribution in [0.15, 0.2) is 0 Å². The van der Waals surface area contributed by atoms with E-state index in [0.29, 0.717) is 0 Å². The van der Waals surface area contributed by atoms with Gasteiger partial charge in [0, 0.05) is 0 Å². The summed E-state index contributed by atoms with van der Waals surface area (Å²) in [4.78, 5) is 0. The minimum Gasteiger partial charge on any atom is -0.153 e. The molecule has 0 aromatic heterocycles. The Hall–Kier alpha value is 0.205. The summed E-state index contributed by atoms with van der Waals surface area (Å²) in [7, 11) is 0. The van der Waals surface area contributed by atoms with Crippen molar-refractivity contribution < 1.29 is 0 Å². The highest BCUT2D eigenvalue weighted by Crippen LogP contribution is 1.88. The molecule has 3 heteroatoms. The van der Waals surface area contributed by atoms with Gasteiger partial charge in [0.05, 0.1) is 0 Å². The van der Waals surface area contributed by atoms with Gasteiger partial charge in [-0.2, -0.15) is 22.9 Å². The maximum Gasteiger partial charge on any atom is 0.431 e. The topological polar surface area (TPSA) is 0 Å². The molecule has 0 bridgehead atoms. The van der Waals surface area contributed by atoms with E-state index in [1.165, 1.54) is 0 Å². The molecular formula is C2HBCl2. The Morgan fingerprint density at radius 3 is 1.80 bits per heavy atom. The molecule has 0 radical (unpaired) electrons. The maximum absolute atomic E-state index is 4.99. The molecule has 0 heterocycles. The number of rotatable bonds is 0. The van der Waals surface area contributed by atoms with Gasteiger partial charge in [0.1, 0.15) is 0 Å². The Morgan fingerprint density at radius 1 is 1.60 bits per heavy atom. The van der Waals surface area contributed by atoms with Gasteiger partial charge in [0.15, 0.2) is 0 Å². The smallest absolute Gasteiger partial charge is 0.153 e. The molecule has 26 valence electrons. The molecule has 5 heavy (non-hydrogen) atoms. The molecular weight excluding hydrogens is 106 g/mol. The van der Waals surface area contributed by atoms with Crippen LogP contribution < -0.4 is 0 Å². The highest BCUT2D eigenvalue weighted by atomic mass is 35.5. The van der Waals surface area contributed by atoms with Crippen LogP contribution in [0.5, 0.6) is 0 Å². The van der Waals surface area contributed by atoms with Gasteiger partial charge in [-0.25, -0.2) is 0 Å². The van der Waals surface area contributed by atoms with Crippen LogP contribution in [0.4, 0.5) is 0 Å². The van der Waals surface area contributed by atoms with Gasteiger partial charge in [0.2, 0.25) is 0 Å². The summed E-state index contributed by atoms with van der Waals surface area (Å²) >= 11 is 9.98. The van der Waals surface area contributed by atoms with Gasteiger partial charge < -0.3 is 0 Å². The minimum absolute atomic E-state index is 0.644. The van der Waals surface area contributed by atoms with E-state index in [1.807, 2.05) is 0 Å². The lowest BCUT2D eigenvalue weighted by Gasteiger charge is -1.66. The van der Waals surface area contributed by atoms with Crippen molar-refractivity contribution in [3.05, 3.63) is 0 Å².